The second-order valence-corrected chi connectivity index (χ2v) is 3.75. The predicted octanol–water partition coefficient (Wildman–Crippen LogP) is 3.41. The minimum atomic E-state index is -0.267. The van der Waals surface area contributed by atoms with E-state index in [2.05, 4.69) is 27.2 Å². The van der Waals surface area contributed by atoms with Crippen molar-refractivity contribution < 1.29 is 4.39 Å². The second-order valence-electron chi connectivity index (χ2n) is 2.90. The van der Waals surface area contributed by atoms with Crippen LogP contribution in [0.5, 0.6) is 0 Å². The van der Waals surface area contributed by atoms with Crippen molar-refractivity contribution in [2.75, 3.05) is 5.32 Å². The van der Waals surface area contributed by atoms with Gasteiger partial charge in [0.2, 0.25) is 0 Å². The first-order valence-corrected chi connectivity index (χ1v) is 5.14. The number of hydrogen-bond donors (Lipinski definition) is 1. The van der Waals surface area contributed by atoms with Gasteiger partial charge in [0.05, 0.1) is 6.04 Å². The number of rotatable bonds is 3. The van der Waals surface area contributed by atoms with E-state index in [4.69, 9.17) is 6.42 Å². The van der Waals surface area contributed by atoms with Crippen molar-refractivity contribution in [1.82, 2.24) is 0 Å². The Kier molecular flexibility index (Phi) is 3.97. The third kappa shape index (κ3) is 2.74. The van der Waals surface area contributed by atoms with Gasteiger partial charge in [-0.2, -0.15) is 0 Å². The van der Waals surface area contributed by atoms with Gasteiger partial charge in [0.1, 0.15) is 5.82 Å². The second kappa shape index (κ2) is 5.02. The molecule has 0 saturated carbocycles. The van der Waals surface area contributed by atoms with Gasteiger partial charge in [-0.1, -0.05) is 12.8 Å². The Bertz CT molecular complexity index is 357. The lowest BCUT2D eigenvalue weighted by atomic mass is 10.2. The van der Waals surface area contributed by atoms with E-state index in [1.54, 1.807) is 6.07 Å². The summed E-state index contributed by atoms with van der Waals surface area (Å²) >= 11 is 3.26. The van der Waals surface area contributed by atoms with Crippen LogP contribution in [0.25, 0.3) is 0 Å². The molecule has 3 heteroatoms. The van der Waals surface area contributed by atoms with Crippen LogP contribution in [0.3, 0.4) is 0 Å². The maximum absolute atomic E-state index is 12.8. The Hall–Kier alpha value is -1.01. The number of hydrogen-bond acceptors (Lipinski definition) is 1. The number of terminal acetylenes is 1. The topological polar surface area (TPSA) is 12.0 Å². The summed E-state index contributed by atoms with van der Waals surface area (Å²) in [6.45, 7) is 1.99. The molecule has 1 atom stereocenters. The fraction of sp³-hybridized carbons (Fsp3) is 0.273. The standard InChI is InChI=1S/C11H11BrFN/c1-3-9(4-2)14-11-6-5-8(13)7-10(11)12/h1,5-7,9,14H,4H2,2H3. The van der Waals surface area contributed by atoms with Gasteiger partial charge in [-0.05, 0) is 40.5 Å². The summed E-state index contributed by atoms with van der Waals surface area (Å²) in [6.07, 6.45) is 6.14. The van der Waals surface area contributed by atoms with E-state index in [1.807, 2.05) is 6.92 Å². The van der Waals surface area contributed by atoms with E-state index in [1.165, 1.54) is 12.1 Å². The van der Waals surface area contributed by atoms with Crippen molar-refractivity contribution in [3.05, 3.63) is 28.5 Å². The molecule has 1 nitrogen and oxygen atoms in total. The number of anilines is 1. The molecule has 0 radical (unpaired) electrons. The molecule has 0 aliphatic rings. The first-order valence-electron chi connectivity index (χ1n) is 4.35. The fourth-order valence-corrected chi connectivity index (χ4v) is 1.52. The Balaban J connectivity index is 2.82. The summed E-state index contributed by atoms with van der Waals surface area (Å²) in [5.74, 6) is 2.35. The van der Waals surface area contributed by atoms with Gasteiger partial charge in [0.15, 0.2) is 0 Å². The molecule has 0 saturated heterocycles. The highest BCUT2D eigenvalue weighted by Crippen LogP contribution is 2.23. The molecule has 0 spiro atoms. The molecule has 0 bridgehead atoms. The van der Waals surface area contributed by atoms with Crippen LogP contribution in [0.15, 0.2) is 22.7 Å². The summed E-state index contributed by atoms with van der Waals surface area (Å²) < 4.78 is 13.4. The number of nitrogens with one attached hydrogen (secondary N) is 1. The maximum Gasteiger partial charge on any atom is 0.124 e. The molecule has 14 heavy (non-hydrogen) atoms. The highest BCUT2D eigenvalue weighted by molar-refractivity contribution is 9.10. The summed E-state index contributed by atoms with van der Waals surface area (Å²) in [7, 11) is 0. The zero-order valence-electron chi connectivity index (χ0n) is 7.85. The van der Waals surface area contributed by atoms with Gasteiger partial charge in [-0.3, -0.25) is 0 Å². The van der Waals surface area contributed by atoms with Crippen molar-refractivity contribution in [3.8, 4) is 12.3 Å². The van der Waals surface area contributed by atoms with Crippen LogP contribution in [0.4, 0.5) is 10.1 Å². The van der Waals surface area contributed by atoms with E-state index in [-0.39, 0.29) is 11.9 Å². The molecular formula is C11H11BrFN. The average Bonchev–Trinajstić information content (AvgIpc) is 2.17. The Morgan fingerprint density at radius 1 is 1.64 bits per heavy atom. The van der Waals surface area contributed by atoms with Crippen LogP contribution in [-0.2, 0) is 0 Å². The van der Waals surface area contributed by atoms with Crippen molar-refractivity contribution in [3.63, 3.8) is 0 Å². The summed E-state index contributed by atoms with van der Waals surface area (Å²) in [6, 6.07) is 4.46. The molecule has 1 N–H and O–H groups in total. The van der Waals surface area contributed by atoms with Crippen LogP contribution in [0, 0.1) is 18.2 Å². The van der Waals surface area contributed by atoms with Crippen molar-refractivity contribution in [1.29, 1.82) is 0 Å². The normalized spacial score (nSPS) is 11.9. The van der Waals surface area contributed by atoms with Crippen molar-refractivity contribution >= 4 is 21.6 Å². The lowest BCUT2D eigenvalue weighted by Crippen LogP contribution is -2.15. The predicted molar refractivity (Wildman–Crippen MR) is 60.6 cm³/mol. The molecule has 1 unspecified atom stereocenters. The average molecular weight is 256 g/mol. The van der Waals surface area contributed by atoms with Crippen LogP contribution < -0.4 is 5.32 Å². The highest BCUT2D eigenvalue weighted by atomic mass is 79.9. The zero-order chi connectivity index (χ0) is 10.6. The van der Waals surface area contributed by atoms with Crippen LogP contribution in [-0.4, -0.2) is 6.04 Å². The van der Waals surface area contributed by atoms with E-state index >= 15 is 0 Å². The molecule has 0 aromatic heterocycles. The third-order valence-electron chi connectivity index (χ3n) is 1.87. The molecule has 1 rings (SSSR count). The van der Waals surface area contributed by atoms with E-state index in [9.17, 15) is 4.39 Å². The summed E-state index contributed by atoms with van der Waals surface area (Å²) in [4.78, 5) is 0. The number of benzene rings is 1. The zero-order valence-corrected chi connectivity index (χ0v) is 9.44. The molecular weight excluding hydrogens is 245 g/mol. The lowest BCUT2D eigenvalue weighted by Gasteiger charge is -2.13. The molecule has 0 aliphatic carbocycles. The monoisotopic (exact) mass is 255 g/mol. The maximum atomic E-state index is 12.8. The quantitative estimate of drug-likeness (QED) is 0.817. The van der Waals surface area contributed by atoms with Crippen molar-refractivity contribution in [2.24, 2.45) is 0 Å². The van der Waals surface area contributed by atoms with Crippen LogP contribution in [0.2, 0.25) is 0 Å². The first-order chi connectivity index (χ1) is 6.67. The van der Waals surface area contributed by atoms with Crippen molar-refractivity contribution in [2.45, 2.75) is 19.4 Å². The SMILES string of the molecule is C#CC(CC)Nc1ccc(F)cc1Br. The van der Waals surface area contributed by atoms with E-state index in [0.29, 0.717) is 4.47 Å². The van der Waals surface area contributed by atoms with Gasteiger partial charge in [-0.25, -0.2) is 4.39 Å². The molecule has 1 aromatic rings. The molecule has 1 aromatic carbocycles. The summed E-state index contributed by atoms with van der Waals surface area (Å²) in [5, 5.41) is 3.12. The van der Waals surface area contributed by atoms with Gasteiger partial charge in [0.25, 0.3) is 0 Å². The Morgan fingerprint density at radius 3 is 2.86 bits per heavy atom. The highest BCUT2D eigenvalue weighted by Gasteiger charge is 2.05. The minimum absolute atomic E-state index is 0.0169. The molecule has 0 fully saturated rings. The Labute approximate surface area is 91.8 Å². The Morgan fingerprint density at radius 2 is 2.36 bits per heavy atom. The minimum Gasteiger partial charge on any atom is -0.371 e. The van der Waals surface area contributed by atoms with Gasteiger partial charge in [0, 0.05) is 10.2 Å². The first kappa shape index (κ1) is 11.1. The van der Waals surface area contributed by atoms with Crippen LogP contribution >= 0.6 is 15.9 Å². The van der Waals surface area contributed by atoms with Gasteiger partial charge in [-0.15, -0.1) is 6.42 Å². The third-order valence-corrected chi connectivity index (χ3v) is 2.53. The van der Waals surface area contributed by atoms with Gasteiger partial charge >= 0.3 is 0 Å². The molecule has 74 valence electrons. The lowest BCUT2D eigenvalue weighted by molar-refractivity contribution is 0.627. The fourth-order valence-electron chi connectivity index (χ4n) is 1.06. The number of halogens is 2. The van der Waals surface area contributed by atoms with Crippen LogP contribution in [0.1, 0.15) is 13.3 Å². The summed E-state index contributed by atoms with van der Waals surface area (Å²) in [5.41, 5.74) is 0.816. The smallest absolute Gasteiger partial charge is 0.124 e. The van der Waals surface area contributed by atoms with E-state index < -0.39 is 0 Å². The molecule has 0 heterocycles. The molecule has 0 aliphatic heterocycles. The largest absolute Gasteiger partial charge is 0.371 e. The molecule has 0 amide bonds. The van der Waals surface area contributed by atoms with Gasteiger partial charge < -0.3 is 5.32 Å². The van der Waals surface area contributed by atoms with E-state index in [0.717, 1.165) is 12.1 Å².